The van der Waals surface area contributed by atoms with Crippen LogP contribution in [-0.4, -0.2) is 48.9 Å². The van der Waals surface area contributed by atoms with Gasteiger partial charge in [0.1, 0.15) is 0 Å². The van der Waals surface area contributed by atoms with Crippen LogP contribution in [0, 0.1) is 0 Å². The maximum Gasteiger partial charge on any atom is 0.308 e. The van der Waals surface area contributed by atoms with Gasteiger partial charge in [0.15, 0.2) is 6.61 Å². The fourth-order valence-corrected chi connectivity index (χ4v) is 2.68. The average molecular weight is 310 g/mol. The normalized spacial score (nSPS) is 14.0. The Balaban J connectivity index is 1.59. The van der Waals surface area contributed by atoms with Crippen molar-refractivity contribution in [1.29, 1.82) is 0 Å². The first kappa shape index (κ1) is 15.5. The third kappa shape index (κ3) is 4.86. The molecule has 0 radical (unpaired) electrons. The molecule has 0 spiro atoms. The van der Waals surface area contributed by atoms with Gasteiger partial charge in [0.2, 0.25) is 0 Å². The summed E-state index contributed by atoms with van der Waals surface area (Å²) in [6.45, 7) is 1.48. The Hall–Kier alpha value is -1.89. The molecule has 114 valence electrons. The number of carbonyl (C=O) groups excluding carboxylic acids is 3. The van der Waals surface area contributed by atoms with Gasteiger partial charge >= 0.3 is 5.97 Å². The zero-order valence-electron chi connectivity index (χ0n) is 11.7. The first-order valence-electron chi connectivity index (χ1n) is 6.90. The predicted molar refractivity (Wildman–Crippen MR) is 78.0 cm³/mol. The number of nitrogens with one attached hydrogen (secondary N) is 1. The van der Waals surface area contributed by atoms with Crippen molar-refractivity contribution in [1.82, 2.24) is 10.2 Å². The van der Waals surface area contributed by atoms with Crippen molar-refractivity contribution in [2.75, 3.05) is 26.2 Å². The Morgan fingerprint density at radius 1 is 1.29 bits per heavy atom. The number of carbonyl (C=O) groups is 3. The van der Waals surface area contributed by atoms with Crippen molar-refractivity contribution in [3.63, 3.8) is 0 Å². The molecule has 0 aliphatic carbocycles. The Labute approximate surface area is 127 Å². The maximum atomic E-state index is 11.7. The fourth-order valence-electron chi connectivity index (χ4n) is 2.05. The molecule has 0 saturated carbocycles. The van der Waals surface area contributed by atoms with Gasteiger partial charge in [0.25, 0.3) is 11.8 Å². The molecule has 0 aromatic carbocycles. The second kappa shape index (κ2) is 7.78. The van der Waals surface area contributed by atoms with E-state index in [0.29, 0.717) is 5.56 Å². The number of amides is 2. The average Bonchev–Trinajstić information content (AvgIpc) is 3.16. The van der Waals surface area contributed by atoms with Gasteiger partial charge < -0.3 is 15.0 Å². The Morgan fingerprint density at radius 2 is 2.05 bits per heavy atom. The maximum absolute atomic E-state index is 11.7. The summed E-state index contributed by atoms with van der Waals surface area (Å²) in [6.07, 6.45) is 2.08. The Bertz CT molecular complexity index is 495. The second-order valence-electron chi connectivity index (χ2n) is 4.77. The van der Waals surface area contributed by atoms with E-state index in [1.807, 2.05) is 5.38 Å². The zero-order valence-corrected chi connectivity index (χ0v) is 12.5. The summed E-state index contributed by atoms with van der Waals surface area (Å²) < 4.78 is 4.91. The van der Waals surface area contributed by atoms with Gasteiger partial charge in [-0.1, -0.05) is 0 Å². The Kier molecular flexibility index (Phi) is 5.74. The molecule has 2 amide bonds. The summed E-state index contributed by atoms with van der Waals surface area (Å²) in [4.78, 5) is 36.5. The number of esters is 1. The predicted octanol–water partition coefficient (Wildman–Crippen LogP) is 1.03. The van der Waals surface area contributed by atoms with Gasteiger partial charge in [-0.15, -0.1) is 0 Å². The zero-order chi connectivity index (χ0) is 15.1. The molecule has 6 nitrogen and oxygen atoms in total. The molecule has 1 N–H and O–H groups in total. The molecule has 1 aromatic heterocycles. The van der Waals surface area contributed by atoms with E-state index in [0.717, 1.165) is 25.9 Å². The molecule has 1 saturated heterocycles. The van der Waals surface area contributed by atoms with Crippen LogP contribution in [0.25, 0.3) is 0 Å². The number of thiophene rings is 1. The van der Waals surface area contributed by atoms with E-state index in [1.54, 1.807) is 16.3 Å². The van der Waals surface area contributed by atoms with Crippen LogP contribution < -0.4 is 5.32 Å². The Morgan fingerprint density at radius 3 is 2.71 bits per heavy atom. The quantitative estimate of drug-likeness (QED) is 0.796. The van der Waals surface area contributed by atoms with E-state index >= 15 is 0 Å². The topological polar surface area (TPSA) is 75.7 Å². The van der Waals surface area contributed by atoms with Crippen LogP contribution in [0.4, 0.5) is 0 Å². The van der Waals surface area contributed by atoms with Crippen LogP contribution in [0.5, 0.6) is 0 Å². The van der Waals surface area contributed by atoms with Crippen LogP contribution in [0.1, 0.15) is 29.6 Å². The van der Waals surface area contributed by atoms with Crippen LogP contribution >= 0.6 is 11.3 Å². The van der Waals surface area contributed by atoms with Gasteiger partial charge in [0.05, 0.1) is 6.42 Å². The van der Waals surface area contributed by atoms with E-state index in [2.05, 4.69) is 5.32 Å². The third-order valence-electron chi connectivity index (χ3n) is 3.21. The van der Waals surface area contributed by atoms with Crippen LogP contribution in [0.15, 0.2) is 16.8 Å². The van der Waals surface area contributed by atoms with Gasteiger partial charge in [-0.3, -0.25) is 14.4 Å². The lowest BCUT2D eigenvalue weighted by molar-refractivity contribution is -0.151. The summed E-state index contributed by atoms with van der Waals surface area (Å²) in [5.74, 6) is -0.839. The van der Waals surface area contributed by atoms with Crippen LogP contribution in [0.3, 0.4) is 0 Å². The molecular formula is C14H18N2O4S. The van der Waals surface area contributed by atoms with Gasteiger partial charge in [0, 0.05) is 30.6 Å². The lowest BCUT2D eigenvalue weighted by Crippen LogP contribution is -2.32. The smallest absolute Gasteiger partial charge is 0.308 e. The standard InChI is InChI=1S/C14H18N2O4S/c17-12(16-6-1-2-7-16)9-20-13(18)3-5-15-14(19)11-4-8-21-10-11/h4,8,10H,1-3,5-7,9H2,(H,15,19). The van der Waals surface area contributed by atoms with Crippen molar-refractivity contribution < 1.29 is 19.1 Å². The lowest BCUT2D eigenvalue weighted by atomic mass is 10.3. The number of ether oxygens (including phenoxy) is 1. The van der Waals surface area contributed by atoms with Crippen molar-refractivity contribution in [2.24, 2.45) is 0 Å². The minimum absolute atomic E-state index is 0.0587. The van der Waals surface area contributed by atoms with Gasteiger partial charge in [-0.2, -0.15) is 11.3 Å². The molecule has 21 heavy (non-hydrogen) atoms. The lowest BCUT2D eigenvalue weighted by Gasteiger charge is -2.14. The molecule has 2 rings (SSSR count). The molecule has 0 bridgehead atoms. The van der Waals surface area contributed by atoms with Gasteiger partial charge in [-0.25, -0.2) is 0 Å². The molecule has 7 heteroatoms. The molecule has 1 aliphatic rings. The van der Waals surface area contributed by atoms with Crippen LogP contribution in [0.2, 0.25) is 0 Å². The molecule has 2 heterocycles. The number of hydrogen-bond donors (Lipinski definition) is 1. The van der Waals surface area contributed by atoms with Crippen molar-refractivity contribution in [2.45, 2.75) is 19.3 Å². The summed E-state index contributed by atoms with van der Waals surface area (Å²) in [6, 6.07) is 1.72. The van der Waals surface area contributed by atoms with E-state index in [4.69, 9.17) is 4.74 Å². The highest BCUT2D eigenvalue weighted by Gasteiger charge is 2.19. The molecule has 1 aromatic rings. The SMILES string of the molecule is O=C(CCNC(=O)c1ccsc1)OCC(=O)N1CCCC1. The largest absolute Gasteiger partial charge is 0.456 e. The van der Waals surface area contributed by atoms with E-state index in [9.17, 15) is 14.4 Å². The van der Waals surface area contributed by atoms with E-state index < -0.39 is 5.97 Å². The number of likely N-dealkylation sites (tertiary alicyclic amines) is 1. The van der Waals surface area contributed by atoms with E-state index in [-0.39, 0.29) is 31.4 Å². The van der Waals surface area contributed by atoms with Crippen molar-refractivity contribution in [3.05, 3.63) is 22.4 Å². The summed E-state index contributed by atoms with van der Waals surface area (Å²) in [7, 11) is 0. The molecule has 1 aliphatic heterocycles. The first-order valence-corrected chi connectivity index (χ1v) is 7.85. The minimum atomic E-state index is -0.479. The minimum Gasteiger partial charge on any atom is -0.456 e. The number of nitrogens with zero attached hydrogens (tertiary/aromatic N) is 1. The van der Waals surface area contributed by atoms with Crippen molar-refractivity contribution >= 4 is 29.1 Å². The number of rotatable bonds is 6. The monoisotopic (exact) mass is 310 g/mol. The van der Waals surface area contributed by atoms with Crippen LogP contribution in [-0.2, 0) is 14.3 Å². The molecule has 1 fully saturated rings. The molecule has 0 unspecified atom stereocenters. The summed E-state index contributed by atoms with van der Waals surface area (Å²) >= 11 is 1.44. The molecule has 0 atom stereocenters. The highest BCUT2D eigenvalue weighted by atomic mass is 32.1. The first-order chi connectivity index (χ1) is 10.2. The number of hydrogen-bond acceptors (Lipinski definition) is 5. The van der Waals surface area contributed by atoms with E-state index in [1.165, 1.54) is 11.3 Å². The second-order valence-corrected chi connectivity index (χ2v) is 5.55. The fraction of sp³-hybridized carbons (Fsp3) is 0.500. The highest BCUT2D eigenvalue weighted by Crippen LogP contribution is 2.07. The third-order valence-corrected chi connectivity index (χ3v) is 3.90. The van der Waals surface area contributed by atoms with Gasteiger partial charge in [-0.05, 0) is 24.3 Å². The molecular weight excluding hydrogens is 292 g/mol. The van der Waals surface area contributed by atoms with Crippen molar-refractivity contribution in [3.8, 4) is 0 Å². The highest BCUT2D eigenvalue weighted by molar-refractivity contribution is 7.08. The summed E-state index contributed by atoms with van der Waals surface area (Å²) in [5.41, 5.74) is 0.581. The summed E-state index contributed by atoms with van der Waals surface area (Å²) in [5, 5.41) is 6.18.